The van der Waals surface area contributed by atoms with Gasteiger partial charge in [-0.3, -0.25) is 4.79 Å². The molecule has 0 saturated carbocycles. The third-order valence-electron chi connectivity index (χ3n) is 2.97. The predicted molar refractivity (Wildman–Crippen MR) is 83.4 cm³/mol. The van der Waals surface area contributed by atoms with Gasteiger partial charge < -0.3 is 10.1 Å². The number of thiazole rings is 1. The zero-order chi connectivity index (χ0) is 15.4. The Hall–Kier alpha value is -2.47. The fraction of sp³-hybridized carbons (Fsp3) is 0.125. The average Bonchev–Trinajstić information content (AvgIpc) is 2.95. The number of para-hydroxylation sites is 2. The zero-order valence-electron chi connectivity index (χ0n) is 11.6. The summed E-state index contributed by atoms with van der Waals surface area (Å²) < 4.78 is 19.6. The third-order valence-corrected chi connectivity index (χ3v) is 4.01. The molecule has 112 valence electrons. The van der Waals surface area contributed by atoms with Crippen LogP contribution in [-0.2, 0) is 11.3 Å². The van der Waals surface area contributed by atoms with Gasteiger partial charge in [0, 0.05) is 0 Å². The molecule has 1 heterocycles. The molecule has 0 atom stereocenters. The first-order chi connectivity index (χ1) is 10.7. The van der Waals surface area contributed by atoms with Crippen molar-refractivity contribution >= 4 is 27.5 Å². The Bertz CT molecular complexity index is 770. The van der Waals surface area contributed by atoms with Crippen molar-refractivity contribution in [3.05, 3.63) is 59.4 Å². The van der Waals surface area contributed by atoms with Crippen molar-refractivity contribution in [1.29, 1.82) is 0 Å². The van der Waals surface area contributed by atoms with Crippen molar-refractivity contribution in [3.8, 4) is 5.75 Å². The average molecular weight is 316 g/mol. The fourth-order valence-corrected chi connectivity index (χ4v) is 2.83. The van der Waals surface area contributed by atoms with Crippen LogP contribution in [0.1, 0.15) is 5.01 Å². The Kier molecular flexibility index (Phi) is 4.29. The Morgan fingerprint density at radius 1 is 1.18 bits per heavy atom. The summed E-state index contributed by atoms with van der Waals surface area (Å²) in [4.78, 5) is 16.2. The number of benzene rings is 2. The minimum Gasteiger partial charge on any atom is -0.481 e. The molecule has 0 saturated heterocycles. The van der Waals surface area contributed by atoms with Crippen LogP contribution in [0.2, 0.25) is 0 Å². The van der Waals surface area contributed by atoms with E-state index in [0.717, 1.165) is 15.2 Å². The molecule has 4 nitrogen and oxygen atoms in total. The number of carbonyl (C=O) groups is 1. The highest BCUT2D eigenvalue weighted by molar-refractivity contribution is 7.18. The molecule has 0 aliphatic heterocycles. The molecular formula is C16H13FN2O2S. The Morgan fingerprint density at radius 3 is 2.77 bits per heavy atom. The van der Waals surface area contributed by atoms with Gasteiger partial charge in [0.1, 0.15) is 5.01 Å². The zero-order valence-corrected chi connectivity index (χ0v) is 12.4. The van der Waals surface area contributed by atoms with E-state index in [1.807, 2.05) is 24.3 Å². The highest BCUT2D eigenvalue weighted by atomic mass is 32.1. The van der Waals surface area contributed by atoms with E-state index in [2.05, 4.69) is 10.3 Å². The number of nitrogens with zero attached hydrogens (tertiary/aromatic N) is 1. The number of fused-ring (bicyclic) bond motifs is 1. The maximum absolute atomic E-state index is 13.3. The molecule has 3 aromatic rings. The third kappa shape index (κ3) is 3.40. The van der Waals surface area contributed by atoms with Gasteiger partial charge in [-0.15, -0.1) is 11.3 Å². The van der Waals surface area contributed by atoms with Gasteiger partial charge in [0.2, 0.25) is 0 Å². The maximum atomic E-state index is 13.3. The summed E-state index contributed by atoms with van der Waals surface area (Å²) in [5, 5.41) is 3.53. The van der Waals surface area contributed by atoms with Crippen molar-refractivity contribution in [2.24, 2.45) is 0 Å². The van der Waals surface area contributed by atoms with Crippen molar-refractivity contribution in [3.63, 3.8) is 0 Å². The van der Waals surface area contributed by atoms with Gasteiger partial charge in [0.15, 0.2) is 18.2 Å². The molecular weight excluding hydrogens is 303 g/mol. The highest BCUT2D eigenvalue weighted by Crippen LogP contribution is 2.21. The molecule has 0 aliphatic carbocycles. The number of hydrogen-bond donors (Lipinski definition) is 1. The predicted octanol–water partition coefficient (Wildman–Crippen LogP) is 3.13. The van der Waals surface area contributed by atoms with Crippen LogP contribution in [0, 0.1) is 5.82 Å². The van der Waals surface area contributed by atoms with E-state index in [1.165, 1.54) is 23.5 Å². The second kappa shape index (κ2) is 6.53. The molecule has 0 spiro atoms. The lowest BCUT2D eigenvalue weighted by molar-refractivity contribution is -0.123. The number of ether oxygens (including phenoxy) is 1. The van der Waals surface area contributed by atoms with Crippen molar-refractivity contribution < 1.29 is 13.9 Å². The summed E-state index contributed by atoms with van der Waals surface area (Å²) in [6, 6.07) is 13.8. The lowest BCUT2D eigenvalue weighted by atomic mass is 10.3. The summed E-state index contributed by atoms with van der Waals surface area (Å²) in [6.45, 7) is 0.102. The number of halogens is 1. The number of nitrogens with one attached hydrogen (secondary N) is 1. The fourth-order valence-electron chi connectivity index (χ4n) is 1.93. The molecule has 1 amide bonds. The molecule has 22 heavy (non-hydrogen) atoms. The van der Waals surface area contributed by atoms with E-state index in [4.69, 9.17) is 4.74 Å². The van der Waals surface area contributed by atoms with Crippen molar-refractivity contribution in [2.75, 3.05) is 6.61 Å². The Labute approximate surface area is 130 Å². The monoisotopic (exact) mass is 316 g/mol. The van der Waals surface area contributed by atoms with Crippen LogP contribution in [0.15, 0.2) is 48.5 Å². The first-order valence-electron chi connectivity index (χ1n) is 6.71. The van der Waals surface area contributed by atoms with E-state index in [0.29, 0.717) is 6.54 Å². The SMILES string of the molecule is O=C(COc1ccccc1F)NCc1nc2ccccc2s1. The molecule has 0 fully saturated rings. The van der Waals surface area contributed by atoms with Crippen LogP contribution < -0.4 is 10.1 Å². The molecule has 2 aromatic carbocycles. The minimum absolute atomic E-state index is 0.0673. The Balaban J connectivity index is 1.53. The van der Waals surface area contributed by atoms with Crippen LogP contribution in [0.5, 0.6) is 5.75 Å². The van der Waals surface area contributed by atoms with E-state index in [9.17, 15) is 9.18 Å². The maximum Gasteiger partial charge on any atom is 0.258 e. The molecule has 3 rings (SSSR count). The largest absolute Gasteiger partial charge is 0.481 e. The number of aromatic nitrogens is 1. The second-order valence-corrected chi connectivity index (χ2v) is 5.69. The van der Waals surface area contributed by atoms with Gasteiger partial charge in [-0.1, -0.05) is 24.3 Å². The molecule has 1 aromatic heterocycles. The van der Waals surface area contributed by atoms with E-state index >= 15 is 0 Å². The number of carbonyl (C=O) groups excluding carboxylic acids is 1. The smallest absolute Gasteiger partial charge is 0.258 e. The van der Waals surface area contributed by atoms with Crippen LogP contribution in [0.4, 0.5) is 4.39 Å². The molecule has 1 N–H and O–H groups in total. The van der Waals surface area contributed by atoms with Crippen LogP contribution in [0.3, 0.4) is 0 Å². The second-order valence-electron chi connectivity index (χ2n) is 4.57. The number of hydrogen-bond acceptors (Lipinski definition) is 4. The van der Waals surface area contributed by atoms with Gasteiger partial charge in [-0.05, 0) is 24.3 Å². The van der Waals surface area contributed by atoms with E-state index < -0.39 is 5.82 Å². The highest BCUT2D eigenvalue weighted by Gasteiger charge is 2.08. The molecule has 0 aliphatic rings. The van der Waals surface area contributed by atoms with Crippen molar-refractivity contribution in [1.82, 2.24) is 10.3 Å². The minimum atomic E-state index is -0.485. The van der Waals surface area contributed by atoms with Gasteiger partial charge >= 0.3 is 0 Å². The van der Waals surface area contributed by atoms with Crippen molar-refractivity contribution in [2.45, 2.75) is 6.54 Å². The van der Waals surface area contributed by atoms with Gasteiger partial charge in [0.05, 0.1) is 16.8 Å². The first-order valence-corrected chi connectivity index (χ1v) is 7.52. The molecule has 0 bridgehead atoms. The standard InChI is InChI=1S/C16H13FN2O2S/c17-11-5-1-3-7-13(11)21-10-15(20)18-9-16-19-12-6-2-4-8-14(12)22-16/h1-8H,9-10H2,(H,18,20). The molecule has 6 heteroatoms. The summed E-state index contributed by atoms with van der Waals surface area (Å²) in [6.07, 6.45) is 0. The molecule has 0 unspecified atom stereocenters. The van der Waals surface area contributed by atoms with Crippen LogP contribution in [-0.4, -0.2) is 17.5 Å². The number of rotatable bonds is 5. The van der Waals surface area contributed by atoms with Gasteiger partial charge in [-0.25, -0.2) is 9.37 Å². The summed E-state index contributed by atoms with van der Waals surface area (Å²) >= 11 is 1.53. The topological polar surface area (TPSA) is 51.2 Å². The normalized spacial score (nSPS) is 10.6. The van der Waals surface area contributed by atoms with Gasteiger partial charge in [-0.2, -0.15) is 0 Å². The van der Waals surface area contributed by atoms with Crippen LogP contribution in [0.25, 0.3) is 10.2 Å². The lowest BCUT2D eigenvalue weighted by Gasteiger charge is -2.06. The van der Waals surface area contributed by atoms with E-state index in [1.54, 1.807) is 12.1 Å². The number of amides is 1. The molecule has 0 radical (unpaired) electrons. The lowest BCUT2D eigenvalue weighted by Crippen LogP contribution is -2.28. The summed E-state index contributed by atoms with van der Waals surface area (Å²) in [7, 11) is 0. The summed E-state index contributed by atoms with van der Waals surface area (Å²) in [5.74, 6) is -0.735. The van der Waals surface area contributed by atoms with Gasteiger partial charge in [0.25, 0.3) is 5.91 Å². The van der Waals surface area contributed by atoms with E-state index in [-0.39, 0.29) is 18.3 Å². The van der Waals surface area contributed by atoms with Crippen LogP contribution >= 0.6 is 11.3 Å². The quantitative estimate of drug-likeness (QED) is 0.787. The Morgan fingerprint density at radius 2 is 1.95 bits per heavy atom. The summed E-state index contributed by atoms with van der Waals surface area (Å²) in [5.41, 5.74) is 0.916. The first kappa shape index (κ1) is 14.5.